The number of rotatable bonds is 5. The van der Waals surface area contributed by atoms with Crippen LogP contribution in [0.1, 0.15) is 74.7 Å². The van der Waals surface area contributed by atoms with E-state index in [1.165, 1.54) is 44.6 Å². The van der Waals surface area contributed by atoms with Gasteiger partial charge in [0, 0.05) is 6.04 Å². The Morgan fingerprint density at radius 3 is 2.19 bits per heavy atom. The summed E-state index contributed by atoms with van der Waals surface area (Å²) in [5, 5.41) is 4.69. The molecule has 1 saturated carbocycles. The number of carbonyl (C=O) groups is 3. The zero-order chi connectivity index (χ0) is 19.1. The highest BCUT2D eigenvalue weighted by molar-refractivity contribution is 5.98. The Kier molecular flexibility index (Phi) is 7.18. The van der Waals surface area contributed by atoms with E-state index in [0.717, 1.165) is 0 Å². The predicted octanol–water partition coefficient (Wildman–Crippen LogP) is 3.51. The first-order chi connectivity index (χ1) is 12.4. The van der Waals surface area contributed by atoms with Crippen LogP contribution in [0.25, 0.3) is 0 Å². The summed E-state index contributed by atoms with van der Waals surface area (Å²) in [6.07, 6.45) is 5.14. The molecular weight excluding hydrogens is 332 g/mol. The smallest absolute Gasteiger partial charge is 0.338 e. The fourth-order valence-corrected chi connectivity index (χ4v) is 3.12. The molecule has 0 radical (unpaired) electrons. The summed E-state index contributed by atoms with van der Waals surface area (Å²) in [5.74, 6) is -0.666. The molecule has 0 bridgehead atoms. The van der Waals surface area contributed by atoms with Gasteiger partial charge in [0.25, 0.3) is 5.91 Å². The van der Waals surface area contributed by atoms with E-state index in [1.54, 1.807) is 26.0 Å². The van der Waals surface area contributed by atoms with E-state index in [-0.39, 0.29) is 6.04 Å². The minimum Gasteiger partial charge on any atom is -0.449 e. The SMILES string of the molecule is CC(C)NC(=O)NC(=O)[C@@H](C)OC(=O)c1ccc(C2CCCCC2)cc1. The lowest BCUT2D eigenvalue weighted by Crippen LogP contribution is -2.46. The topological polar surface area (TPSA) is 84.5 Å². The third kappa shape index (κ3) is 5.86. The number of carbonyl (C=O) groups excluding carboxylic acids is 3. The fraction of sp³-hybridized carbons (Fsp3) is 0.550. The molecule has 0 heterocycles. The van der Waals surface area contributed by atoms with Crippen molar-refractivity contribution in [2.75, 3.05) is 0 Å². The Morgan fingerprint density at radius 1 is 1.00 bits per heavy atom. The van der Waals surface area contributed by atoms with E-state index in [9.17, 15) is 14.4 Å². The lowest BCUT2D eigenvalue weighted by atomic mass is 9.84. The van der Waals surface area contributed by atoms with Gasteiger partial charge in [0.15, 0.2) is 6.10 Å². The molecule has 0 aliphatic heterocycles. The van der Waals surface area contributed by atoms with E-state index in [1.807, 2.05) is 12.1 Å². The molecule has 142 valence electrons. The van der Waals surface area contributed by atoms with E-state index < -0.39 is 24.0 Å². The second kappa shape index (κ2) is 9.36. The van der Waals surface area contributed by atoms with Gasteiger partial charge in [-0.25, -0.2) is 9.59 Å². The first-order valence-electron chi connectivity index (χ1n) is 9.29. The highest BCUT2D eigenvalue weighted by Gasteiger charge is 2.21. The largest absolute Gasteiger partial charge is 0.449 e. The van der Waals surface area contributed by atoms with Crippen LogP contribution in [0.2, 0.25) is 0 Å². The summed E-state index contributed by atoms with van der Waals surface area (Å²) >= 11 is 0. The molecule has 6 heteroatoms. The van der Waals surface area contributed by atoms with Gasteiger partial charge in [-0.15, -0.1) is 0 Å². The van der Waals surface area contributed by atoms with Gasteiger partial charge >= 0.3 is 12.0 Å². The van der Waals surface area contributed by atoms with Crippen molar-refractivity contribution >= 4 is 17.9 Å². The number of urea groups is 1. The van der Waals surface area contributed by atoms with E-state index in [4.69, 9.17) is 4.74 Å². The van der Waals surface area contributed by atoms with E-state index in [0.29, 0.717) is 11.5 Å². The van der Waals surface area contributed by atoms with Gasteiger partial charge in [-0.3, -0.25) is 10.1 Å². The number of amides is 3. The van der Waals surface area contributed by atoms with Crippen molar-refractivity contribution in [2.24, 2.45) is 0 Å². The number of esters is 1. The van der Waals surface area contributed by atoms with Gasteiger partial charge in [-0.1, -0.05) is 31.4 Å². The summed E-state index contributed by atoms with van der Waals surface area (Å²) in [6.45, 7) is 5.00. The Bertz CT molecular complexity index is 634. The molecule has 1 fully saturated rings. The van der Waals surface area contributed by atoms with Crippen LogP contribution in [-0.4, -0.2) is 30.1 Å². The van der Waals surface area contributed by atoms with Crippen molar-refractivity contribution in [3.05, 3.63) is 35.4 Å². The Morgan fingerprint density at radius 2 is 1.62 bits per heavy atom. The zero-order valence-corrected chi connectivity index (χ0v) is 15.7. The molecular formula is C20H28N2O4. The molecule has 2 N–H and O–H groups in total. The third-order valence-corrected chi connectivity index (χ3v) is 4.53. The maximum atomic E-state index is 12.2. The van der Waals surface area contributed by atoms with Gasteiger partial charge in [0.2, 0.25) is 0 Å². The van der Waals surface area contributed by atoms with Crippen molar-refractivity contribution < 1.29 is 19.1 Å². The van der Waals surface area contributed by atoms with Crippen LogP contribution in [0.5, 0.6) is 0 Å². The lowest BCUT2D eigenvalue weighted by molar-refractivity contribution is -0.127. The average molecular weight is 360 g/mol. The van der Waals surface area contributed by atoms with Crippen LogP contribution in [0.4, 0.5) is 4.79 Å². The summed E-state index contributed by atoms with van der Waals surface area (Å²) < 4.78 is 5.16. The molecule has 1 aliphatic carbocycles. The van der Waals surface area contributed by atoms with Crippen LogP contribution in [0, 0.1) is 0 Å². The van der Waals surface area contributed by atoms with Crippen molar-refractivity contribution in [2.45, 2.75) is 70.9 Å². The van der Waals surface area contributed by atoms with Crippen LogP contribution in [0.15, 0.2) is 24.3 Å². The minimum atomic E-state index is -1.06. The summed E-state index contributed by atoms with van der Waals surface area (Å²) in [6, 6.07) is 6.71. The number of imide groups is 1. The van der Waals surface area contributed by atoms with Gasteiger partial charge < -0.3 is 10.1 Å². The minimum absolute atomic E-state index is 0.0941. The number of hydrogen-bond acceptors (Lipinski definition) is 4. The lowest BCUT2D eigenvalue weighted by Gasteiger charge is -2.22. The highest BCUT2D eigenvalue weighted by atomic mass is 16.5. The van der Waals surface area contributed by atoms with Gasteiger partial charge in [-0.2, -0.15) is 0 Å². The monoisotopic (exact) mass is 360 g/mol. The molecule has 0 saturated heterocycles. The first kappa shape index (κ1) is 19.9. The standard InChI is InChI=1S/C20H28N2O4/c1-13(2)21-20(25)22-18(23)14(3)26-19(24)17-11-9-16(10-12-17)15-7-5-4-6-8-15/h9-15H,4-8H2,1-3H3,(H2,21,22,23,25)/t14-/m1/s1. The normalized spacial score (nSPS) is 16.0. The quantitative estimate of drug-likeness (QED) is 0.787. The average Bonchev–Trinajstić information content (AvgIpc) is 2.61. The van der Waals surface area contributed by atoms with Gasteiger partial charge in [0.05, 0.1) is 5.56 Å². The number of ether oxygens (including phenoxy) is 1. The van der Waals surface area contributed by atoms with E-state index >= 15 is 0 Å². The molecule has 0 unspecified atom stereocenters. The Balaban J connectivity index is 1.88. The Hall–Kier alpha value is -2.37. The molecule has 1 aromatic rings. The molecule has 2 rings (SSSR count). The molecule has 0 aromatic heterocycles. The van der Waals surface area contributed by atoms with Crippen molar-refractivity contribution in [3.8, 4) is 0 Å². The second-order valence-corrected chi connectivity index (χ2v) is 7.12. The first-order valence-corrected chi connectivity index (χ1v) is 9.29. The third-order valence-electron chi connectivity index (χ3n) is 4.53. The van der Waals surface area contributed by atoms with Crippen molar-refractivity contribution in [3.63, 3.8) is 0 Å². The molecule has 6 nitrogen and oxygen atoms in total. The predicted molar refractivity (Wildman–Crippen MR) is 99.0 cm³/mol. The summed E-state index contributed by atoms with van der Waals surface area (Å²) in [5.41, 5.74) is 1.65. The molecule has 3 amide bonds. The summed E-state index contributed by atoms with van der Waals surface area (Å²) in [7, 11) is 0. The van der Waals surface area contributed by atoms with E-state index in [2.05, 4.69) is 10.6 Å². The van der Waals surface area contributed by atoms with Crippen molar-refractivity contribution in [1.29, 1.82) is 0 Å². The maximum Gasteiger partial charge on any atom is 0.338 e. The summed E-state index contributed by atoms with van der Waals surface area (Å²) in [4.78, 5) is 35.6. The molecule has 0 spiro atoms. The van der Waals surface area contributed by atoms with Crippen LogP contribution >= 0.6 is 0 Å². The van der Waals surface area contributed by atoms with Crippen LogP contribution in [-0.2, 0) is 9.53 Å². The number of benzene rings is 1. The molecule has 1 aliphatic rings. The van der Waals surface area contributed by atoms with Crippen molar-refractivity contribution in [1.82, 2.24) is 10.6 Å². The molecule has 1 aromatic carbocycles. The Labute approximate surface area is 154 Å². The second-order valence-electron chi connectivity index (χ2n) is 7.12. The fourth-order valence-electron chi connectivity index (χ4n) is 3.12. The molecule has 1 atom stereocenters. The maximum absolute atomic E-state index is 12.2. The zero-order valence-electron chi connectivity index (χ0n) is 15.7. The molecule has 26 heavy (non-hydrogen) atoms. The number of hydrogen-bond donors (Lipinski definition) is 2. The van der Waals surface area contributed by atoms with Crippen LogP contribution in [0.3, 0.4) is 0 Å². The van der Waals surface area contributed by atoms with Crippen LogP contribution < -0.4 is 10.6 Å². The highest BCUT2D eigenvalue weighted by Crippen LogP contribution is 2.32. The number of nitrogens with one attached hydrogen (secondary N) is 2. The van der Waals surface area contributed by atoms with Gasteiger partial charge in [-0.05, 0) is 57.2 Å². The van der Waals surface area contributed by atoms with Gasteiger partial charge in [0.1, 0.15) is 0 Å².